The zero-order chi connectivity index (χ0) is 15.4. The van der Waals surface area contributed by atoms with E-state index < -0.39 is 20.9 Å². The highest BCUT2D eigenvalue weighted by molar-refractivity contribution is 7.57. The molecule has 0 amide bonds. The molecule has 1 aromatic heterocycles. The summed E-state index contributed by atoms with van der Waals surface area (Å²) in [4.78, 5) is 4.26. The van der Waals surface area contributed by atoms with E-state index in [1.165, 1.54) is 0 Å². The van der Waals surface area contributed by atoms with Gasteiger partial charge in [-0.25, -0.2) is 0 Å². The van der Waals surface area contributed by atoms with Gasteiger partial charge in [0.1, 0.15) is 0 Å². The quantitative estimate of drug-likeness (QED) is 0.557. The molecule has 108 valence electrons. The van der Waals surface area contributed by atoms with Crippen LogP contribution in [0.15, 0.2) is 24.4 Å². The van der Waals surface area contributed by atoms with Gasteiger partial charge >= 0.3 is 7.60 Å². The molecule has 0 aromatic carbocycles. The normalized spacial score (nSPS) is 16.8. The van der Waals surface area contributed by atoms with Crippen molar-refractivity contribution in [1.29, 1.82) is 0 Å². The summed E-state index contributed by atoms with van der Waals surface area (Å²) in [7, 11) is -5.89. The van der Waals surface area contributed by atoms with Crippen molar-refractivity contribution >= 4 is 15.7 Å². The molecule has 0 radical (unpaired) electrons. The topological polar surface area (TPSA) is 48.4 Å². The van der Waals surface area contributed by atoms with E-state index in [9.17, 15) is 4.57 Å². The lowest BCUT2D eigenvalue weighted by atomic mass is 10.4. The molecule has 19 heavy (non-hydrogen) atoms. The van der Waals surface area contributed by atoms with E-state index in [2.05, 4.69) is 4.98 Å². The van der Waals surface area contributed by atoms with Crippen molar-refractivity contribution in [1.82, 2.24) is 4.98 Å². The van der Waals surface area contributed by atoms with Gasteiger partial charge in [-0.1, -0.05) is 25.7 Å². The summed E-state index contributed by atoms with van der Waals surface area (Å²) in [5.41, 5.74) is 0.462. The Hall–Kier alpha value is -0.483. The molecule has 0 saturated heterocycles. The fraction of sp³-hybridized carbons (Fsp3) is 0.615. The molecule has 0 bridgehead atoms. The first-order valence-electron chi connectivity index (χ1n) is 7.03. The summed E-state index contributed by atoms with van der Waals surface area (Å²) in [5, 5.41) is -1.42. The second-order valence-electron chi connectivity index (χ2n) is 5.15. The van der Waals surface area contributed by atoms with Crippen LogP contribution in [-0.2, 0) is 13.6 Å². The Balaban J connectivity index is 3.49. The molecule has 0 spiro atoms. The largest absolute Gasteiger partial charge is 0.336 e. The maximum Gasteiger partial charge on any atom is 0.336 e. The predicted octanol–water partition coefficient (Wildman–Crippen LogP) is 4.27. The Labute approximate surface area is 118 Å². The minimum absolute atomic E-state index is 0.245. The molecule has 4 nitrogen and oxygen atoms in total. The first-order valence-corrected chi connectivity index (χ1v) is 11.6. The van der Waals surface area contributed by atoms with Crippen LogP contribution in [0.1, 0.15) is 26.2 Å². The van der Waals surface area contributed by atoms with Crippen molar-refractivity contribution in [2.24, 2.45) is 0 Å². The number of pyridine rings is 1. The Morgan fingerprint density at radius 2 is 1.89 bits per heavy atom. The molecule has 0 fully saturated rings. The van der Waals surface area contributed by atoms with Crippen LogP contribution in [0.4, 0.5) is 0 Å². The molecule has 0 aliphatic heterocycles. The van der Waals surface area contributed by atoms with E-state index >= 15 is 0 Å². The lowest BCUT2D eigenvalue weighted by Crippen LogP contribution is -2.32. The van der Waals surface area contributed by atoms with Gasteiger partial charge in [-0.05, 0) is 26.0 Å². The number of hydrogen-bond acceptors (Lipinski definition) is 4. The fourth-order valence-electron chi connectivity index (χ4n) is 1.94. The van der Waals surface area contributed by atoms with Crippen LogP contribution in [0, 0.1) is 0 Å². The zero-order valence-electron chi connectivity index (χ0n) is 13.3. The number of aromatic nitrogens is 1. The summed E-state index contributed by atoms with van der Waals surface area (Å²) >= 11 is 0. The lowest BCUT2D eigenvalue weighted by Gasteiger charge is -2.33. The third-order valence-corrected chi connectivity index (χ3v) is 8.97. The van der Waals surface area contributed by atoms with Crippen molar-refractivity contribution < 1.29 is 15.0 Å². The highest BCUT2D eigenvalue weighted by Gasteiger charge is 2.46. The number of rotatable bonds is 7. The van der Waals surface area contributed by atoms with Crippen LogP contribution in [0.25, 0.3) is 0 Å². The molecule has 0 N–H and O–H groups in total. The van der Waals surface area contributed by atoms with Crippen LogP contribution in [0.5, 0.6) is 0 Å². The van der Waals surface area contributed by atoms with Crippen molar-refractivity contribution in [3.05, 3.63) is 30.1 Å². The van der Waals surface area contributed by atoms with Crippen molar-refractivity contribution in [3.63, 3.8) is 0 Å². The second kappa shape index (κ2) is 6.80. The molecule has 0 aliphatic rings. The molecule has 1 atom stereocenters. The van der Waals surface area contributed by atoms with Crippen molar-refractivity contribution in [3.8, 4) is 0 Å². The molecule has 1 heterocycles. The monoisotopic (exact) mass is 302 g/mol. The van der Waals surface area contributed by atoms with Crippen LogP contribution < -0.4 is 0 Å². The van der Waals surface area contributed by atoms with Gasteiger partial charge in [0, 0.05) is 7.57 Å². The van der Waals surface area contributed by atoms with E-state index in [4.69, 9.17) is 10.4 Å². The highest BCUT2D eigenvalue weighted by Crippen LogP contribution is 2.63. The highest BCUT2D eigenvalue weighted by atomic mass is 31.2. The Morgan fingerprint density at radius 3 is 2.26 bits per heavy atom. The molecular weight excluding hydrogens is 277 g/mol. The Kier molecular flexibility index (Phi) is 5.34. The number of nitrogens with zero attached hydrogens (tertiary/aromatic N) is 1. The van der Waals surface area contributed by atoms with Crippen molar-refractivity contribution in [2.75, 3.05) is 13.2 Å². The third kappa shape index (κ3) is 4.25. The molecule has 6 heteroatoms. The molecule has 1 aromatic rings. The summed E-state index contributed by atoms with van der Waals surface area (Å²) in [6, 6.07) is 5.31. The minimum atomic E-state index is -3.62. The molecule has 1 rings (SSSR count). The van der Waals surface area contributed by atoms with Crippen molar-refractivity contribution in [2.45, 2.75) is 38.7 Å². The van der Waals surface area contributed by atoms with E-state index in [1.807, 2.05) is 19.6 Å². The summed E-state index contributed by atoms with van der Waals surface area (Å²) in [6.45, 7) is 9.96. The second-order valence-corrected chi connectivity index (χ2v) is 12.5. The average Bonchev–Trinajstić information content (AvgIpc) is 2.38. The summed E-state index contributed by atoms with van der Waals surface area (Å²) < 4.78 is 33.1. The molecular formula is C13H24NO3PSi. The van der Waals surface area contributed by atoms with Gasteiger partial charge in [0.25, 0.3) is 0 Å². The summed E-state index contributed by atoms with van der Waals surface area (Å²) in [6.07, 6.45) is 1.61. The van der Waals surface area contributed by atoms with Gasteiger partial charge in [0.15, 0.2) is 0 Å². The van der Waals surface area contributed by atoms with Crippen LogP contribution in [-0.4, -0.2) is 26.3 Å². The molecule has 1 unspecified atom stereocenters. The minimum Gasteiger partial charge on any atom is -0.309 e. The maximum absolute atomic E-state index is 13.2. The third-order valence-electron chi connectivity index (χ3n) is 2.49. The predicted molar refractivity (Wildman–Crippen MR) is 81.2 cm³/mol. The lowest BCUT2D eigenvalue weighted by molar-refractivity contribution is 0.217. The first kappa shape index (κ1) is 14.9. The van der Waals surface area contributed by atoms with Gasteiger partial charge in [0.05, 0.1) is 32.2 Å². The van der Waals surface area contributed by atoms with Crippen LogP contribution in [0.3, 0.4) is 0 Å². The van der Waals surface area contributed by atoms with E-state index in [-0.39, 0.29) is 13.2 Å². The van der Waals surface area contributed by atoms with E-state index in [0.29, 0.717) is 5.69 Å². The summed E-state index contributed by atoms with van der Waals surface area (Å²) in [5.74, 6) is 0. The molecule has 0 aliphatic carbocycles. The first-order chi connectivity index (χ1) is 9.23. The average molecular weight is 302 g/mol. The van der Waals surface area contributed by atoms with Gasteiger partial charge < -0.3 is 9.05 Å². The maximum atomic E-state index is 13.2. The standard InChI is InChI=1S/C13H24NO3PSi/c1-6-16-18(15,17-7-2)13(19(3,4)5)12-10-8-9-11-14-12/h8-11,13H,6-7H2,1-5H3/i13D. The Morgan fingerprint density at radius 1 is 1.32 bits per heavy atom. The Bertz CT molecular complexity index is 470. The van der Waals surface area contributed by atoms with Crippen LogP contribution in [0.2, 0.25) is 19.6 Å². The van der Waals surface area contributed by atoms with E-state index in [1.54, 1.807) is 38.2 Å². The number of hydrogen-bond donors (Lipinski definition) is 0. The van der Waals surface area contributed by atoms with Gasteiger partial charge in [-0.3, -0.25) is 9.55 Å². The smallest absolute Gasteiger partial charge is 0.309 e. The fourth-order valence-corrected chi connectivity index (χ4v) is 7.96. The van der Waals surface area contributed by atoms with Gasteiger partial charge in [0.2, 0.25) is 0 Å². The van der Waals surface area contributed by atoms with Crippen LogP contribution >= 0.6 is 7.60 Å². The van der Waals surface area contributed by atoms with Gasteiger partial charge in [-0.15, -0.1) is 0 Å². The van der Waals surface area contributed by atoms with Gasteiger partial charge in [-0.2, -0.15) is 0 Å². The molecule has 0 saturated carbocycles. The van der Waals surface area contributed by atoms with E-state index in [0.717, 1.165) is 0 Å². The SMILES string of the molecule is [2H]C(c1ccccn1)([Si](C)(C)C)P(=O)(OCC)OCC. The zero-order valence-corrected chi connectivity index (χ0v) is 14.2.